The molecule has 1 aromatic carbocycles. The molecule has 2 atom stereocenters. The van der Waals surface area contributed by atoms with Gasteiger partial charge in [-0.25, -0.2) is 13.6 Å². The minimum Gasteiger partial charge on any atom is -0.481 e. The third kappa shape index (κ3) is 4.14. The zero-order chi connectivity index (χ0) is 18.9. The molecule has 0 bridgehead atoms. The molecule has 0 unspecified atom stereocenters. The summed E-state index contributed by atoms with van der Waals surface area (Å²) in [5, 5.41) is 11.0. The highest BCUT2D eigenvalue weighted by Crippen LogP contribution is 2.38. The first-order valence-electron chi connectivity index (χ1n) is 6.93. The molecule has 2 rings (SSSR count). The quantitative estimate of drug-likeness (QED) is 0.619. The first-order chi connectivity index (χ1) is 11.5. The Morgan fingerprint density at radius 3 is 2.20 bits per heavy atom. The van der Waals surface area contributed by atoms with Crippen LogP contribution in [0, 0.1) is 23.5 Å². The summed E-state index contributed by atoms with van der Waals surface area (Å²) < 4.78 is 66.0. The number of carboxylic acid groups (broad SMARTS) is 1. The summed E-state index contributed by atoms with van der Waals surface area (Å²) in [6, 6.07) is 0.603. The van der Waals surface area contributed by atoms with Crippen molar-refractivity contribution in [2.75, 3.05) is 24.7 Å². The number of rotatable bonds is 3. The average molecular weight is 384 g/mol. The van der Waals surface area contributed by atoms with E-state index in [4.69, 9.17) is 5.11 Å². The van der Waals surface area contributed by atoms with Gasteiger partial charge in [-0.15, -0.1) is 11.8 Å². The van der Waals surface area contributed by atoms with Gasteiger partial charge >= 0.3 is 18.2 Å². The molecule has 0 saturated carbocycles. The number of nitrogens with one attached hydrogen (secondary N) is 1. The Hall–Kier alpha value is -2.04. The minimum atomic E-state index is -4.78. The highest BCUT2D eigenvalue weighted by Gasteiger charge is 2.53. The van der Waals surface area contributed by atoms with Crippen molar-refractivity contribution < 1.29 is 36.6 Å². The highest BCUT2D eigenvalue weighted by atomic mass is 32.2. The predicted octanol–water partition coefficient (Wildman–Crippen LogP) is 3.41. The monoisotopic (exact) mass is 384 g/mol. The fraction of sp³-hybridized carbons (Fsp3) is 0.429. The predicted molar refractivity (Wildman–Crippen MR) is 79.4 cm³/mol. The third-order valence-electron chi connectivity index (χ3n) is 3.80. The molecule has 25 heavy (non-hydrogen) atoms. The van der Waals surface area contributed by atoms with Crippen molar-refractivity contribution in [3.8, 4) is 0 Å². The molecule has 5 nitrogen and oxygen atoms in total. The molecule has 2 amide bonds. The summed E-state index contributed by atoms with van der Waals surface area (Å²) in [5.41, 5.74) is -0.278. The number of benzene rings is 1. The number of alkyl halides is 3. The van der Waals surface area contributed by atoms with Gasteiger partial charge in [0.1, 0.15) is 11.6 Å². The van der Waals surface area contributed by atoms with Crippen LogP contribution in [0.5, 0.6) is 0 Å². The number of carbonyl (C=O) groups excluding carboxylic acids is 1. The van der Waals surface area contributed by atoms with Crippen molar-refractivity contribution in [2.24, 2.45) is 11.8 Å². The zero-order valence-corrected chi connectivity index (χ0v) is 13.5. The first-order valence-corrected chi connectivity index (χ1v) is 8.15. The van der Waals surface area contributed by atoms with Crippen molar-refractivity contribution in [3.05, 3.63) is 23.8 Å². The van der Waals surface area contributed by atoms with Gasteiger partial charge in [0.15, 0.2) is 0 Å². The summed E-state index contributed by atoms with van der Waals surface area (Å²) in [5.74, 6) is -7.53. The minimum absolute atomic E-state index is 0.262. The standard InChI is InChI=1S/C14H13F5N2O3S/c1-25-11-9(15)2-6(3-10(11)16)20-13(24)21-4-7(12(22)23)8(5-21)14(17,18)19/h2-3,7-8H,4-5H2,1H3,(H,20,24)(H,22,23)/t7-,8-/m1/s1. The Balaban J connectivity index is 2.15. The van der Waals surface area contributed by atoms with Gasteiger partial charge in [0.25, 0.3) is 0 Å². The molecule has 0 aromatic heterocycles. The highest BCUT2D eigenvalue weighted by molar-refractivity contribution is 7.98. The molecule has 1 aliphatic rings. The number of thioether (sulfide) groups is 1. The summed E-state index contributed by atoms with van der Waals surface area (Å²) in [7, 11) is 0. The topological polar surface area (TPSA) is 69.6 Å². The Bertz CT molecular complexity index is 675. The number of likely N-dealkylation sites (tertiary alicyclic amines) is 1. The van der Waals surface area contributed by atoms with Crippen LogP contribution in [-0.4, -0.2) is 47.5 Å². The van der Waals surface area contributed by atoms with E-state index in [0.29, 0.717) is 4.90 Å². The molecule has 1 saturated heterocycles. The molecule has 0 spiro atoms. The SMILES string of the molecule is CSc1c(F)cc(NC(=O)N2C[C@@H](C(F)(F)F)[C@H](C(=O)O)C2)cc1F. The van der Waals surface area contributed by atoms with E-state index in [0.717, 1.165) is 23.9 Å². The molecule has 138 valence electrons. The summed E-state index contributed by atoms with van der Waals surface area (Å²) >= 11 is 0.818. The van der Waals surface area contributed by atoms with Crippen molar-refractivity contribution >= 4 is 29.4 Å². The van der Waals surface area contributed by atoms with Gasteiger partial charge in [0.05, 0.1) is 16.7 Å². The second-order valence-corrected chi connectivity index (χ2v) is 6.22. The van der Waals surface area contributed by atoms with Crippen LogP contribution >= 0.6 is 11.8 Å². The molecular formula is C14H13F5N2O3S. The Morgan fingerprint density at radius 1 is 1.24 bits per heavy atom. The van der Waals surface area contributed by atoms with Crippen LogP contribution in [0.1, 0.15) is 0 Å². The van der Waals surface area contributed by atoms with Crippen LogP contribution in [-0.2, 0) is 4.79 Å². The summed E-state index contributed by atoms with van der Waals surface area (Å²) in [4.78, 5) is 23.4. The normalized spacial score (nSPS) is 20.6. The van der Waals surface area contributed by atoms with Gasteiger partial charge in [-0.05, 0) is 18.4 Å². The van der Waals surface area contributed by atoms with E-state index >= 15 is 0 Å². The van der Waals surface area contributed by atoms with E-state index in [1.807, 2.05) is 0 Å². The Labute approximate surface area is 143 Å². The molecule has 0 radical (unpaired) electrons. The van der Waals surface area contributed by atoms with Gasteiger partial charge in [-0.1, -0.05) is 0 Å². The first kappa shape index (κ1) is 19.3. The number of halogens is 5. The fourth-order valence-electron chi connectivity index (χ4n) is 2.58. The average Bonchev–Trinajstić information content (AvgIpc) is 2.92. The van der Waals surface area contributed by atoms with Crippen LogP contribution < -0.4 is 5.32 Å². The van der Waals surface area contributed by atoms with E-state index < -0.39 is 54.7 Å². The second-order valence-electron chi connectivity index (χ2n) is 5.40. The number of carbonyl (C=O) groups is 2. The number of urea groups is 1. The molecule has 2 N–H and O–H groups in total. The molecule has 1 fully saturated rings. The maximum Gasteiger partial charge on any atom is 0.394 e. The van der Waals surface area contributed by atoms with Crippen molar-refractivity contribution in [2.45, 2.75) is 11.1 Å². The molecular weight excluding hydrogens is 371 g/mol. The lowest BCUT2D eigenvalue weighted by molar-refractivity contribution is -0.187. The molecule has 1 aliphatic heterocycles. The van der Waals surface area contributed by atoms with Crippen LogP contribution in [0.2, 0.25) is 0 Å². The maximum atomic E-state index is 13.7. The van der Waals surface area contributed by atoms with Crippen molar-refractivity contribution in [1.82, 2.24) is 4.90 Å². The number of amides is 2. The number of anilines is 1. The van der Waals surface area contributed by atoms with Crippen LogP contribution in [0.25, 0.3) is 0 Å². The van der Waals surface area contributed by atoms with Gasteiger partial charge in [0.2, 0.25) is 0 Å². The van der Waals surface area contributed by atoms with Gasteiger partial charge in [-0.3, -0.25) is 4.79 Å². The Morgan fingerprint density at radius 2 is 1.80 bits per heavy atom. The fourth-order valence-corrected chi connectivity index (χ4v) is 3.09. The summed E-state index contributed by atoms with van der Waals surface area (Å²) in [6.07, 6.45) is -3.33. The van der Waals surface area contributed by atoms with Crippen LogP contribution in [0.15, 0.2) is 17.0 Å². The molecule has 11 heteroatoms. The van der Waals surface area contributed by atoms with E-state index in [9.17, 15) is 31.5 Å². The van der Waals surface area contributed by atoms with Crippen molar-refractivity contribution in [3.63, 3.8) is 0 Å². The number of carboxylic acids is 1. The molecule has 1 heterocycles. The maximum absolute atomic E-state index is 13.7. The van der Waals surface area contributed by atoms with Gasteiger partial charge < -0.3 is 15.3 Å². The van der Waals surface area contributed by atoms with E-state index in [1.165, 1.54) is 6.26 Å². The van der Waals surface area contributed by atoms with E-state index in [1.54, 1.807) is 0 Å². The largest absolute Gasteiger partial charge is 0.481 e. The van der Waals surface area contributed by atoms with Crippen LogP contribution in [0.3, 0.4) is 0 Å². The van der Waals surface area contributed by atoms with Crippen LogP contribution in [0.4, 0.5) is 32.4 Å². The lowest BCUT2D eigenvalue weighted by Gasteiger charge is -2.19. The summed E-state index contributed by atoms with van der Waals surface area (Å²) in [6.45, 7) is -1.50. The van der Waals surface area contributed by atoms with Gasteiger partial charge in [0, 0.05) is 18.8 Å². The Kier molecular flexibility index (Phi) is 5.45. The molecule has 1 aromatic rings. The van der Waals surface area contributed by atoms with Crippen molar-refractivity contribution in [1.29, 1.82) is 0 Å². The third-order valence-corrected chi connectivity index (χ3v) is 4.60. The second kappa shape index (κ2) is 7.06. The lowest BCUT2D eigenvalue weighted by atomic mass is 9.96. The number of nitrogens with zero attached hydrogens (tertiary/aromatic N) is 1. The molecule has 0 aliphatic carbocycles. The van der Waals surface area contributed by atoms with E-state index in [2.05, 4.69) is 5.32 Å². The zero-order valence-electron chi connectivity index (χ0n) is 12.7. The smallest absolute Gasteiger partial charge is 0.394 e. The number of hydrogen-bond donors (Lipinski definition) is 2. The van der Waals surface area contributed by atoms with E-state index in [-0.39, 0.29) is 10.6 Å². The van der Waals surface area contributed by atoms with Gasteiger partial charge in [-0.2, -0.15) is 13.2 Å². The number of aliphatic carboxylic acids is 1. The lowest BCUT2D eigenvalue weighted by Crippen LogP contribution is -2.35. The number of hydrogen-bond acceptors (Lipinski definition) is 3.